The summed E-state index contributed by atoms with van der Waals surface area (Å²) in [6, 6.07) is 4.76. The summed E-state index contributed by atoms with van der Waals surface area (Å²) in [4.78, 5) is 7.22. The summed E-state index contributed by atoms with van der Waals surface area (Å²) in [5.74, 6) is 0.994. The number of benzene rings is 1. The smallest absolute Gasteiger partial charge is 0.187 e. The Labute approximate surface area is 126 Å². The van der Waals surface area contributed by atoms with Crippen LogP contribution in [0, 0.1) is 0 Å². The van der Waals surface area contributed by atoms with E-state index in [2.05, 4.69) is 22.3 Å². The summed E-state index contributed by atoms with van der Waals surface area (Å²) in [6.07, 6.45) is 2.66. The molecule has 1 aromatic heterocycles. The summed E-state index contributed by atoms with van der Waals surface area (Å²) in [5.41, 5.74) is 2.36. The third-order valence-electron chi connectivity index (χ3n) is 4.95. The Morgan fingerprint density at radius 2 is 2.33 bits per heavy atom. The predicted octanol–water partition coefficient (Wildman–Crippen LogP) is 1.49. The van der Waals surface area contributed by atoms with E-state index in [1.54, 1.807) is 11.3 Å². The van der Waals surface area contributed by atoms with Crippen LogP contribution in [0.25, 0.3) is 10.2 Å². The van der Waals surface area contributed by atoms with E-state index >= 15 is 0 Å². The molecule has 1 aliphatic carbocycles. The van der Waals surface area contributed by atoms with Gasteiger partial charge in [0.25, 0.3) is 0 Å². The molecule has 2 fully saturated rings. The third kappa shape index (κ3) is 1.66. The van der Waals surface area contributed by atoms with Gasteiger partial charge in [0.15, 0.2) is 5.13 Å². The minimum atomic E-state index is -0.216. The Morgan fingerprint density at radius 1 is 1.38 bits per heavy atom. The van der Waals surface area contributed by atoms with E-state index in [0.29, 0.717) is 6.04 Å². The minimum absolute atomic E-state index is 0.200. The number of thiazole rings is 1. The van der Waals surface area contributed by atoms with Crippen molar-refractivity contribution in [3.63, 3.8) is 0 Å². The predicted molar refractivity (Wildman–Crippen MR) is 82.1 cm³/mol. The molecule has 0 radical (unpaired) electrons. The molecule has 6 heteroatoms. The minimum Gasteiger partial charge on any atom is -0.493 e. The second kappa shape index (κ2) is 4.32. The van der Waals surface area contributed by atoms with E-state index in [-0.39, 0.29) is 12.1 Å². The second-order valence-electron chi connectivity index (χ2n) is 6.05. The summed E-state index contributed by atoms with van der Waals surface area (Å²) >= 11 is 1.75. The lowest BCUT2D eigenvalue weighted by atomic mass is 10.1. The van der Waals surface area contributed by atoms with Gasteiger partial charge >= 0.3 is 0 Å². The molecular formula is C15H17N3O2S. The molecule has 21 heavy (non-hydrogen) atoms. The molecule has 5 nitrogen and oxygen atoms in total. The van der Waals surface area contributed by atoms with E-state index in [1.807, 2.05) is 0 Å². The molecule has 1 saturated carbocycles. The number of aliphatic hydroxyl groups is 1. The van der Waals surface area contributed by atoms with Gasteiger partial charge in [-0.15, -0.1) is 0 Å². The van der Waals surface area contributed by atoms with E-state index < -0.39 is 0 Å². The summed E-state index contributed by atoms with van der Waals surface area (Å²) in [6.45, 7) is 1.55. The van der Waals surface area contributed by atoms with Crippen LogP contribution in [0.4, 0.5) is 5.13 Å². The van der Waals surface area contributed by atoms with Gasteiger partial charge in [-0.3, -0.25) is 5.32 Å². The van der Waals surface area contributed by atoms with Crippen molar-refractivity contribution in [3.8, 4) is 5.75 Å². The SMILES string of the molecule is O[C@@H]1CC[C@@H]2[C@H]1NCN2c1nc2c3c(ccc2s1)OCC3. The summed E-state index contributed by atoms with van der Waals surface area (Å²) in [5, 5.41) is 14.5. The average molecular weight is 303 g/mol. The van der Waals surface area contributed by atoms with Gasteiger partial charge in [0.1, 0.15) is 5.75 Å². The second-order valence-corrected chi connectivity index (χ2v) is 7.06. The lowest BCUT2D eigenvalue weighted by Crippen LogP contribution is -2.37. The highest BCUT2D eigenvalue weighted by Gasteiger charge is 2.44. The summed E-state index contributed by atoms with van der Waals surface area (Å²) in [7, 11) is 0. The first-order chi connectivity index (χ1) is 10.3. The number of hydrogen-bond acceptors (Lipinski definition) is 6. The lowest BCUT2D eigenvalue weighted by molar-refractivity contribution is 0.155. The average Bonchev–Trinajstić information content (AvgIpc) is 3.21. The zero-order valence-corrected chi connectivity index (χ0v) is 12.4. The molecular weight excluding hydrogens is 286 g/mol. The van der Waals surface area contributed by atoms with Gasteiger partial charge in [-0.1, -0.05) is 11.3 Å². The number of hydrogen-bond donors (Lipinski definition) is 2. The molecule has 110 valence electrons. The number of fused-ring (bicyclic) bond motifs is 4. The quantitative estimate of drug-likeness (QED) is 0.836. The standard InChI is InChI=1S/C15H17N3O2S/c19-10-2-1-9-14(10)16-7-18(9)15-17-13-8-5-6-20-11(8)3-4-12(13)21-15/h3-4,9-10,14,16,19H,1-2,5-7H2/t9-,10-,14-/m1/s1. The normalized spacial score (nSPS) is 30.7. The van der Waals surface area contributed by atoms with Gasteiger partial charge in [-0.2, -0.15) is 0 Å². The van der Waals surface area contributed by atoms with Gasteiger partial charge in [-0.25, -0.2) is 4.98 Å². The molecule has 3 atom stereocenters. The Balaban J connectivity index is 1.57. The van der Waals surface area contributed by atoms with Crippen molar-refractivity contribution in [2.24, 2.45) is 0 Å². The van der Waals surface area contributed by atoms with Crippen LogP contribution in [0.3, 0.4) is 0 Å². The van der Waals surface area contributed by atoms with Crippen LogP contribution < -0.4 is 15.0 Å². The Bertz CT molecular complexity index is 716. The first-order valence-corrected chi connectivity index (χ1v) is 8.36. The van der Waals surface area contributed by atoms with E-state index in [1.165, 1.54) is 10.3 Å². The zero-order chi connectivity index (χ0) is 14.0. The van der Waals surface area contributed by atoms with Crippen molar-refractivity contribution in [2.45, 2.75) is 37.5 Å². The zero-order valence-electron chi connectivity index (χ0n) is 11.6. The maximum Gasteiger partial charge on any atom is 0.187 e. The highest BCUT2D eigenvalue weighted by Crippen LogP contribution is 2.40. The fourth-order valence-electron chi connectivity index (χ4n) is 3.89. The van der Waals surface area contributed by atoms with Gasteiger partial charge in [0.2, 0.25) is 0 Å². The molecule has 5 rings (SSSR count). The van der Waals surface area contributed by atoms with Crippen LogP contribution in [-0.4, -0.2) is 41.6 Å². The van der Waals surface area contributed by atoms with Crippen molar-refractivity contribution < 1.29 is 9.84 Å². The molecule has 0 unspecified atom stereocenters. The summed E-state index contributed by atoms with van der Waals surface area (Å²) < 4.78 is 6.86. The number of aliphatic hydroxyl groups excluding tert-OH is 1. The van der Waals surface area contributed by atoms with Crippen molar-refractivity contribution >= 4 is 26.7 Å². The first kappa shape index (κ1) is 12.2. The number of rotatable bonds is 1. The molecule has 2 aliphatic heterocycles. The fourth-order valence-corrected chi connectivity index (χ4v) is 4.94. The van der Waals surface area contributed by atoms with E-state index in [4.69, 9.17) is 9.72 Å². The van der Waals surface area contributed by atoms with Crippen LogP contribution in [-0.2, 0) is 6.42 Å². The number of anilines is 1. The van der Waals surface area contributed by atoms with Gasteiger partial charge in [-0.05, 0) is 25.0 Å². The highest BCUT2D eigenvalue weighted by molar-refractivity contribution is 7.22. The highest BCUT2D eigenvalue weighted by atomic mass is 32.1. The third-order valence-corrected chi connectivity index (χ3v) is 6.01. The molecule has 3 aliphatic rings. The Morgan fingerprint density at radius 3 is 3.29 bits per heavy atom. The van der Waals surface area contributed by atoms with E-state index in [0.717, 1.165) is 48.9 Å². The molecule has 2 aromatic rings. The molecule has 1 aromatic carbocycles. The van der Waals surface area contributed by atoms with Gasteiger partial charge in [0, 0.05) is 12.0 Å². The topological polar surface area (TPSA) is 57.6 Å². The van der Waals surface area contributed by atoms with Crippen LogP contribution in [0.1, 0.15) is 18.4 Å². The van der Waals surface area contributed by atoms with E-state index in [9.17, 15) is 5.11 Å². The van der Waals surface area contributed by atoms with Crippen molar-refractivity contribution in [1.29, 1.82) is 0 Å². The lowest BCUT2D eigenvalue weighted by Gasteiger charge is -2.21. The number of nitrogens with zero attached hydrogens (tertiary/aromatic N) is 2. The molecule has 1 saturated heterocycles. The molecule has 2 N–H and O–H groups in total. The van der Waals surface area contributed by atoms with Crippen LogP contribution in [0.5, 0.6) is 5.75 Å². The van der Waals surface area contributed by atoms with Gasteiger partial charge in [0.05, 0.1) is 41.7 Å². The first-order valence-electron chi connectivity index (χ1n) is 7.54. The van der Waals surface area contributed by atoms with Crippen molar-refractivity contribution in [1.82, 2.24) is 10.3 Å². The molecule has 0 bridgehead atoms. The van der Waals surface area contributed by atoms with Gasteiger partial charge < -0.3 is 14.7 Å². The van der Waals surface area contributed by atoms with Crippen molar-refractivity contribution in [2.75, 3.05) is 18.2 Å². The number of aromatic nitrogens is 1. The molecule has 0 spiro atoms. The van der Waals surface area contributed by atoms with Crippen molar-refractivity contribution in [3.05, 3.63) is 17.7 Å². The van der Waals surface area contributed by atoms with Crippen LogP contribution in [0.15, 0.2) is 12.1 Å². The number of nitrogens with one attached hydrogen (secondary N) is 1. The largest absolute Gasteiger partial charge is 0.493 e. The maximum atomic E-state index is 10.0. The Kier molecular flexibility index (Phi) is 2.51. The number of ether oxygens (including phenoxy) is 1. The monoisotopic (exact) mass is 303 g/mol. The molecule has 3 heterocycles. The Hall–Kier alpha value is -1.37. The van der Waals surface area contributed by atoms with Crippen LogP contribution >= 0.6 is 11.3 Å². The molecule has 0 amide bonds. The van der Waals surface area contributed by atoms with Crippen LogP contribution in [0.2, 0.25) is 0 Å². The maximum absolute atomic E-state index is 10.0. The fraction of sp³-hybridized carbons (Fsp3) is 0.533.